The van der Waals surface area contributed by atoms with Crippen LogP contribution < -0.4 is 5.73 Å². The molecule has 98 valence electrons. The van der Waals surface area contributed by atoms with Gasteiger partial charge >= 0.3 is 5.69 Å². The molecule has 6 nitrogen and oxygen atoms in total. The summed E-state index contributed by atoms with van der Waals surface area (Å²) < 4.78 is 1.49. The lowest BCUT2D eigenvalue weighted by molar-refractivity contribution is -0.384. The van der Waals surface area contributed by atoms with E-state index in [9.17, 15) is 10.1 Å². The molecule has 1 saturated carbocycles. The van der Waals surface area contributed by atoms with E-state index in [-0.39, 0.29) is 11.5 Å². The van der Waals surface area contributed by atoms with E-state index in [0.717, 1.165) is 5.56 Å². The number of benzene rings is 1. The zero-order valence-electron chi connectivity index (χ0n) is 10.3. The molecule has 1 fully saturated rings. The number of nitrogens with zero attached hydrogens (tertiary/aromatic N) is 3. The van der Waals surface area contributed by atoms with Crippen molar-refractivity contribution in [2.45, 2.75) is 25.3 Å². The number of nitrogen functional groups attached to an aromatic ring is 1. The fourth-order valence-corrected chi connectivity index (χ4v) is 2.28. The largest absolute Gasteiger partial charge is 0.378 e. The zero-order valence-corrected chi connectivity index (χ0v) is 10.3. The number of anilines is 1. The van der Waals surface area contributed by atoms with Crippen LogP contribution in [0.15, 0.2) is 30.5 Å². The minimum Gasteiger partial charge on any atom is -0.378 e. The summed E-state index contributed by atoms with van der Waals surface area (Å²) in [4.78, 5) is 10.2. The molecule has 2 aromatic rings. The quantitative estimate of drug-likeness (QED) is 0.673. The highest BCUT2D eigenvalue weighted by Gasteiger charge is 2.26. The second kappa shape index (κ2) is 4.38. The lowest BCUT2D eigenvalue weighted by atomic mass is 10.0. The van der Waals surface area contributed by atoms with Crippen LogP contribution in [-0.2, 0) is 6.54 Å². The minimum absolute atomic E-state index is 0.107. The van der Waals surface area contributed by atoms with E-state index >= 15 is 0 Å². The molecular formula is C13H14N4O2. The van der Waals surface area contributed by atoms with Crippen LogP contribution in [0.1, 0.15) is 29.9 Å². The predicted molar refractivity (Wildman–Crippen MR) is 70.8 cm³/mol. The van der Waals surface area contributed by atoms with Crippen LogP contribution in [0.4, 0.5) is 11.5 Å². The van der Waals surface area contributed by atoms with Gasteiger partial charge in [-0.3, -0.25) is 10.1 Å². The molecule has 1 heterocycles. The molecule has 0 atom stereocenters. The molecule has 19 heavy (non-hydrogen) atoms. The fourth-order valence-electron chi connectivity index (χ4n) is 2.28. The van der Waals surface area contributed by atoms with E-state index in [1.165, 1.54) is 29.3 Å². The fraction of sp³-hybridized carbons (Fsp3) is 0.308. The lowest BCUT2D eigenvalue weighted by Gasteiger charge is -2.09. The Hall–Kier alpha value is -2.37. The molecule has 2 N–H and O–H groups in total. The predicted octanol–water partition coefficient (Wildman–Crippen LogP) is 2.30. The summed E-state index contributed by atoms with van der Waals surface area (Å²) >= 11 is 0. The van der Waals surface area contributed by atoms with E-state index < -0.39 is 4.92 Å². The molecule has 3 rings (SSSR count). The van der Waals surface area contributed by atoms with Crippen LogP contribution >= 0.6 is 0 Å². The maximum atomic E-state index is 10.7. The Kier molecular flexibility index (Phi) is 2.70. The summed E-state index contributed by atoms with van der Waals surface area (Å²) in [7, 11) is 0. The zero-order chi connectivity index (χ0) is 13.4. The van der Waals surface area contributed by atoms with E-state index in [1.807, 2.05) is 18.2 Å². The molecule has 0 aliphatic heterocycles. The monoisotopic (exact) mass is 258 g/mol. The summed E-state index contributed by atoms with van der Waals surface area (Å²) in [6, 6.07) is 8.13. The molecule has 0 spiro atoms. The smallest absolute Gasteiger partial charge is 0.330 e. The van der Waals surface area contributed by atoms with Gasteiger partial charge in [-0.15, -0.1) is 0 Å². The maximum Gasteiger partial charge on any atom is 0.330 e. The molecule has 0 radical (unpaired) electrons. The molecule has 6 heteroatoms. The van der Waals surface area contributed by atoms with Crippen LogP contribution in [0.25, 0.3) is 0 Å². The van der Waals surface area contributed by atoms with Crippen molar-refractivity contribution in [2.75, 3.05) is 5.73 Å². The topological polar surface area (TPSA) is 87.0 Å². The summed E-state index contributed by atoms with van der Waals surface area (Å²) in [5.74, 6) is 0.735. The SMILES string of the molecule is Nc1c([N+](=O)[O-])cnn1Cc1ccccc1C1CC1. The maximum absolute atomic E-state index is 10.7. The van der Waals surface area contributed by atoms with Crippen molar-refractivity contribution < 1.29 is 4.92 Å². The van der Waals surface area contributed by atoms with Gasteiger partial charge in [-0.05, 0) is 29.9 Å². The Morgan fingerprint density at radius 1 is 1.42 bits per heavy atom. The van der Waals surface area contributed by atoms with E-state index in [0.29, 0.717) is 12.5 Å². The van der Waals surface area contributed by atoms with Crippen molar-refractivity contribution in [2.24, 2.45) is 0 Å². The summed E-state index contributed by atoms with van der Waals surface area (Å²) in [5, 5.41) is 14.7. The summed E-state index contributed by atoms with van der Waals surface area (Å²) in [5.41, 5.74) is 8.06. The number of rotatable bonds is 4. The van der Waals surface area contributed by atoms with Crippen LogP contribution in [-0.4, -0.2) is 14.7 Å². The van der Waals surface area contributed by atoms with Gasteiger partial charge < -0.3 is 5.73 Å². The van der Waals surface area contributed by atoms with Gasteiger partial charge in [-0.1, -0.05) is 24.3 Å². The first-order valence-electron chi connectivity index (χ1n) is 6.20. The first-order chi connectivity index (χ1) is 9.16. The highest BCUT2D eigenvalue weighted by Crippen LogP contribution is 2.41. The van der Waals surface area contributed by atoms with E-state index in [1.54, 1.807) is 0 Å². The molecule has 1 aliphatic carbocycles. The molecule has 0 unspecified atom stereocenters. The van der Waals surface area contributed by atoms with Gasteiger partial charge in [0, 0.05) is 0 Å². The summed E-state index contributed by atoms with van der Waals surface area (Å²) in [6.07, 6.45) is 3.63. The third-order valence-corrected chi connectivity index (χ3v) is 3.45. The highest BCUT2D eigenvalue weighted by atomic mass is 16.6. The second-order valence-corrected chi connectivity index (χ2v) is 4.80. The van der Waals surface area contributed by atoms with Crippen LogP contribution in [0.5, 0.6) is 0 Å². The number of nitro groups is 1. The van der Waals surface area contributed by atoms with Crippen molar-refractivity contribution in [1.29, 1.82) is 0 Å². The van der Waals surface area contributed by atoms with Crippen molar-refractivity contribution in [3.05, 3.63) is 51.7 Å². The number of hydrogen-bond acceptors (Lipinski definition) is 4. The van der Waals surface area contributed by atoms with Gasteiger partial charge in [0.2, 0.25) is 5.82 Å². The lowest BCUT2D eigenvalue weighted by Crippen LogP contribution is -2.08. The third-order valence-electron chi connectivity index (χ3n) is 3.45. The van der Waals surface area contributed by atoms with Crippen molar-refractivity contribution >= 4 is 11.5 Å². The van der Waals surface area contributed by atoms with E-state index in [2.05, 4.69) is 11.2 Å². The standard InChI is InChI=1S/C13H14N4O2/c14-13-12(17(18)19)7-15-16(13)8-10-3-1-2-4-11(10)9-5-6-9/h1-4,7,9H,5-6,8,14H2. The van der Waals surface area contributed by atoms with Gasteiger partial charge in [0.25, 0.3) is 0 Å². The van der Waals surface area contributed by atoms with Gasteiger partial charge in [0.05, 0.1) is 11.5 Å². The number of hydrogen-bond donors (Lipinski definition) is 1. The Morgan fingerprint density at radius 3 is 2.79 bits per heavy atom. The van der Waals surface area contributed by atoms with Crippen LogP contribution in [0, 0.1) is 10.1 Å². The highest BCUT2D eigenvalue weighted by molar-refractivity contribution is 5.51. The Balaban J connectivity index is 1.91. The molecule has 0 amide bonds. The Labute approximate surface area is 110 Å². The van der Waals surface area contributed by atoms with Gasteiger partial charge in [-0.25, -0.2) is 4.68 Å². The summed E-state index contributed by atoms with van der Waals surface area (Å²) in [6.45, 7) is 0.479. The molecule has 0 saturated heterocycles. The van der Waals surface area contributed by atoms with Crippen molar-refractivity contribution in [1.82, 2.24) is 9.78 Å². The Bertz CT molecular complexity index is 631. The number of aromatic nitrogens is 2. The average Bonchev–Trinajstić information content (AvgIpc) is 3.16. The molecule has 1 aliphatic rings. The first kappa shape index (κ1) is 11.7. The van der Waals surface area contributed by atoms with E-state index in [4.69, 9.17) is 5.73 Å². The molecular weight excluding hydrogens is 244 g/mol. The molecule has 1 aromatic carbocycles. The first-order valence-corrected chi connectivity index (χ1v) is 6.20. The second-order valence-electron chi connectivity index (χ2n) is 4.80. The van der Waals surface area contributed by atoms with Gasteiger partial charge in [-0.2, -0.15) is 5.10 Å². The third kappa shape index (κ3) is 2.16. The average molecular weight is 258 g/mol. The van der Waals surface area contributed by atoms with Crippen molar-refractivity contribution in [3.8, 4) is 0 Å². The normalized spacial score (nSPS) is 14.5. The number of nitrogens with two attached hydrogens (primary N) is 1. The minimum atomic E-state index is -0.508. The molecule has 1 aromatic heterocycles. The van der Waals surface area contributed by atoms with Gasteiger partial charge in [0.1, 0.15) is 6.20 Å². The molecule has 0 bridgehead atoms. The Morgan fingerprint density at radius 2 is 2.16 bits per heavy atom. The van der Waals surface area contributed by atoms with Crippen LogP contribution in [0.2, 0.25) is 0 Å². The van der Waals surface area contributed by atoms with Crippen molar-refractivity contribution in [3.63, 3.8) is 0 Å². The van der Waals surface area contributed by atoms with Crippen LogP contribution in [0.3, 0.4) is 0 Å². The van der Waals surface area contributed by atoms with Gasteiger partial charge in [0.15, 0.2) is 0 Å².